The highest BCUT2D eigenvalue weighted by molar-refractivity contribution is 7.80. The Morgan fingerprint density at radius 3 is 2.43 bits per heavy atom. The van der Waals surface area contributed by atoms with Crippen molar-refractivity contribution in [3.63, 3.8) is 0 Å². The summed E-state index contributed by atoms with van der Waals surface area (Å²) in [5, 5.41) is 0. The molecule has 0 saturated heterocycles. The fourth-order valence-electron chi connectivity index (χ4n) is 1.26. The van der Waals surface area contributed by atoms with Crippen molar-refractivity contribution in [2.75, 3.05) is 6.61 Å². The largest absolute Gasteiger partial charge is 0.494 e. The third kappa shape index (κ3) is 4.56. The molecule has 0 unspecified atom stereocenters. The summed E-state index contributed by atoms with van der Waals surface area (Å²) in [6, 6.07) is 7.82. The van der Waals surface area contributed by atoms with Gasteiger partial charge in [-0.1, -0.05) is 26.2 Å². The predicted molar refractivity (Wildman–Crippen MR) is 63.3 cm³/mol. The maximum absolute atomic E-state index is 5.57. The van der Waals surface area contributed by atoms with Crippen LogP contribution in [0.3, 0.4) is 0 Å². The van der Waals surface area contributed by atoms with Gasteiger partial charge in [0.15, 0.2) is 0 Å². The van der Waals surface area contributed by atoms with Crippen molar-refractivity contribution >= 4 is 12.6 Å². The van der Waals surface area contributed by atoms with Gasteiger partial charge in [-0.25, -0.2) is 0 Å². The average Bonchev–Trinajstić information content (AvgIpc) is 2.21. The molecule has 0 spiro atoms. The van der Waals surface area contributed by atoms with Gasteiger partial charge in [0, 0.05) is 4.90 Å². The minimum atomic E-state index is 0.825. The molecule has 0 saturated carbocycles. The molecule has 2 heteroatoms. The Hall–Kier alpha value is -0.630. The fourth-order valence-corrected chi connectivity index (χ4v) is 1.41. The summed E-state index contributed by atoms with van der Waals surface area (Å²) in [6.07, 6.45) is 4.99. The maximum Gasteiger partial charge on any atom is 0.119 e. The zero-order valence-corrected chi connectivity index (χ0v) is 9.59. The van der Waals surface area contributed by atoms with Crippen LogP contribution in [0.4, 0.5) is 0 Å². The van der Waals surface area contributed by atoms with Crippen LogP contribution in [0.15, 0.2) is 29.2 Å². The lowest BCUT2D eigenvalue weighted by atomic mass is 10.2. The van der Waals surface area contributed by atoms with E-state index in [-0.39, 0.29) is 0 Å². The lowest BCUT2D eigenvalue weighted by Crippen LogP contribution is -1.96. The van der Waals surface area contributed by atoms with Crippen LogP contribution < -0.4 is 4.74 Å². The summed E-state index contributed by atoms with van der Waals surface area (Å²) < 4.78 is 5.57. The quantitative estimate of drug-likeness (QED) is 0.553. The van der Waals surface area contributed by atoms with Crippen molar-refractivity contribution in [2.24, 2.45) is 0 Å². The smallest absolute Gasteiger partial charge is 0.119 e. The van der Waals surface area contributed by atoms with E-state index < -0.39 is 0 Å². The van der Waals surface area contributed by atoms with Gasteiger partial charge in [0.2, 0.25) is 0 Å². The molecule has 1 aromatic rings. The standard InChI is InChI=1S/C12H18OS/c1-2-3-4-5-10-13-11-6-8-12(14)9-7-11/h6-9,14H,2-5,10H2,1H3. The van der Waals surface area contributed by atoms with E-state index >= 15 is 0 Å². The molecule has 1 aromatic carbocycles. The Kier molecular flexibility index (Phi) is 5.53. The topological polar surface area (TPSA) is 9.23 Å². The Morgan fingerprint density at radius 2 is 1.79 bits per heavy atom. The number of hydrogen-bond acceptors (Lipinski definition) is 2. The van der Waals surface area contributed by atoms with E-state index in [0.717, 1.165) is 23.7 Å². The van der Waals surface area contributed by atoms with E-state index in [1.807, 2.05) is 24.3 Å². The van der Waals surface area contributed by atoms with Gasteiger partial charge in [-0.2, -0.15) is 0 Å². The second kappa shape index (κ2) is 6.77. The summed E-state index contributed by atoms with van der Waals surface area (Å²) in [5.41, 5.74) is 0. The van der Waals surface area contributed by atoms with Gasteiger partial charge in [-0.05, 0) is 30.7 Å². The molecule has 1 rings (SSSR count). The Morgan fingerprint density at radius 1 is 1.07 bits per heavy atom. The van der Waals surface area contributed by atoms with Gasteiger partial charge in [0.05, 0.1) is 6.61 Å². The van der Waals surface area contributed by atoms with Crippen LogP contribution in [0.25, 0.3) is 0 Å². The monoisotopic (exact) mass is 210 g/mol. The molecule has 0 aliphatic carbocycles. The molecular formula is C12H18OS. The average molecular weight is 210 g/mol. The summed E-state index contributed by atoms with van der Waals surface area (Å²) in [7, 11) is 0. The van der Waals surface area contributed by atoms with Crippen molar-refractivity contribution in [3.8, 4) is 5.75 Å². The summed E-state index contributed by atoms with van der Waals surface area (Å²) in [4.78, 5) is 0.975. The second-order valence-electron chi connectivity index (χ2n) is 3.40. The van der Waals surface area contributed by atoms with E-state index in [2.05, 4.69) is 19.6 Å². The first-order chi connectivity index (χ1) is 6.83. The highest BCUT2D eigenvalue weighted by Crippen LogP contribution is 2.14. The molecule has 0 bridgehead atoms. The molecule has 1 nitrogen and oxygen atoms in total. The SMILES string of the molecule is CCCCCCOc1ccc(S)cc1. The minimum Gasteiger partial charge on any atom is -0.494 e. The molecule has 78 valence electrons. The van der Waals surface area contributed by atoms with E-state index in [1.54, 1.807) is 0 Å². The van der Waals surface area contributed by atoms with Crippen molar-refractivity contribution in [1.29, 1.82) is 0 Å². The molecule has 0 aromatic heterocycles. The van der Waals surface area contributed by atoms with Gasteiger partial charge < -0.3 is 4.74 Å². The number of ether oxygens (including phenoxy) is 1. The van der Waals surface area contributed by atoms with Gasteiger partial charge >= 0.3 is 0 Å². The molecule has 0 radical (unpaired) electrons. The number of hydrogen-bond donors (Lipinski definition) is 1. The first-order valence-electron chi connectivity index (χ1n) is 5.24. The molecule has 0 N–H and O–H groups in total. The number of benzene rings is 1. The fraction of sp³-hybridized carbons (Fsp3) is 0.500. The van der Waals surface area contributed by atoms with Crippen LogP contribution in [0, 0.1) is 0 Å². The molecule has 0 aliphatic rings. The van der Waals surface area contributed by atoms with Crippen LogP contribution in [0.5, 0.6) is 5.75 Å². The van der Waals surface area contributed by atoms with Gasteiger partial charge in [-0.15, -0.1) is 12.6 Å². The molecule has 0 heterocycles. The summed E-state index contributed by atoms with van der Waals surface area (Å²) in [5.74, 6) is 0.944. The Labute approximate surface area is 91.9 Å². The first kappa shape index (κ1) is 11.4. The van der Waals surface area contributed by atoms with Gasteiger partial charge in [-0.3, -0.25) is 0 Å². The summed E-state index contributed by atoms with van der Waals surface area (Å²) in [6.45, 7) is 3.04. The number of rotatable bonds is 6. The van der Waals surface area contributed by atoms with E-state index in [9.17, 15) is 0 Å². The number of thiol groups is 1. The molecule has 0 aliphatic heterocycles. The highest BCUT2D eigenvalue weighted by atomic mass is 32.1. The third-order valence-corrected chi connectivity index (χ3v) is 2.40. The Balaban J connectivity index is 2.15. The predicted octanol–water partition coefficient (Wildman–Crippen LogP) is 3.93. The van der Waals surface area contributed by atoms with Crippen LogP contribution in [0.1, 0.15) is 32.6 Å². The minimum absolute atomic E-state index is 0.825. The maximum atomic E-state index is 5.57. The lowest BCUT2D eigenvalue weighted by molar-refractivity contribution is 0.305. The van der Waals surface area contributed by atoms with E-state index in [0.29, 0.717) is 0 Å². The zero-order chi connectivity index (χ0) is 10.2. The van der Waals surface area contributed by atoms with Crippen molar-refractivity contribution in [3.05, 3.63) is 24.3 Å². The van der Waals surface area contributed by atoms with Crippen molar-refractivity contribution in [2.45, 2.75) is 37.5 Å². The Bertz CT molecular complexity index is 243. The van der Waals surface area contributed by atoms with Crippen molar-refractivity contribution < 1.29 is 4.74 Å². The van der Waals surface area contributed by atoms with Crippen LogP contribution in [-0.4, -0.2) is 6.61 Å². The number of unbranched alkanes of at least 4 members (excludes halogenated alkanes) is 3. The second-order valence-corrected chi connectivity index (χ2v) is 3.92. The molecule has 0 amide bonds. The van der Waals surface area contributed by atoms with Crippen LogP contribution >= 0.6 is 12.6 Å². The zero-order valence-electron chi connectivity index (χ0n) is 8.70. The molecule has 14 heavy (non-hydrogen) atoms. The molecular weight excluding hydrogens is 192 g/mol. The van der Waals surface area contributed by atoms with Gasteiger partial charge in [0.1, 0.15) is 5.75 Å². The van der Waals surface area contributed by atoms with Crippen LogP contribution in [-0.2, 0) is 0 Å². The van der Waals surface area contributed by atoms with E-state index in [4.69, 9.17) is 4.74 Å². The lowest BCUT2D eigenvalue weighted by Gasteiger charge is -2.05. The summed E-state index contributed by atoms with van der Waals surface area (Å²) >= 11 is 4.21. The molecule has 0 fully saturated rings. The van der Waals surface area contributed by atoms with Crippen molar-refractivity contribution in [1.82, 2.24) is 0 Å². The van der Waals surface area contributed by atoms with Gasteiger partial charge in [0.25, 0.3) is 0 Å². The third-order valence-electron chi connectivity index (χ3n) is 2.10. The highest BCUT2D eigenvalue weighted by Gasteiger charge is 1.93. The molecule has 0 atom stereocenters. The first-order valence-corrected chi connectivity index (χ1v) is 5.69. The van der Waals surface area contributed by atoms with E-state index in [1.165, 1.54) is 19.3 Å². The normalized spacial score (nSPS) is 10.1. The van der Waals surface area contributed by atoms with Crippen LogP contribution in [0.2, 0.25) is 0 Å².